The summed E-state index contributed by atoms with van der Waals surface area (Å²) in [5, 5.41) is 8.66. The monoisotopic (exact) mass is 262 g/mol. The van der Waals surface area contributed by atoms with Crippen LogP contribution in [-0.4, -0.2) is 4.98 Å². The maximum Gasteiger partial charge on any atom is 0.197 e. The molecule has 0 atom stereocenters. The van der Waals surface area contributed by atoms with Gasteiger partial charge in [-0.25, -0.2) is 4.98 Å². The summed E-state index contributed by atoms with van der Waals surface area (Å²) in [7, 11) is 0. The Balaban J connectivity index is 2.46. The predicted octanol–water partition coefficient (Wildman–Crippen LogP) is 3.28. The van der Waals surface area contributed by atoms with Gasteiger partial charge in [-0.05, 0) is 28.1 Å². The van der Waals surface area contributed by atoms with E-state index < -0.39 is 0 Å². The highest BCUT2D eigenvalue weighted by molar-refractivity contribution is 9.10. The molecule has 0 bridgehead atoms. The molecule has 15 heavy (non-hydrogen) atoms. The first-order chi connectivity index (χ1) is 7.20. The van der Waals surface area contributed by atoms with E-state index in [1.54, 1.807) is 19.1 Å². The molecule has 0 aliphatic heterocycles. The molecular formula is C11H7BrN2O. The number of oxazole rings is 1. The highest BCUT2D eigenvalue weighted by atomic mass is 79.9. The molecule has 1 aromatic heterocycles. The lowest BCUT2D eigenvalue weighted by atomic mass is 10.1. The number of rotatable bonds is 1. The van der Waals surface area contributed by atoms with Crippen LogP contribution in [0.4, 0.5) is 0 Å². The summed E-state index contributed by atoms with van der Waals surface area (Å²) < 4.78 is 5.88. The van der Waals surface area contributed by atoms with Crippen LogP contribution in [0, 0.1) is 18.3 Å². The first-order valence-corrected chi connectivity index (χ1v) is 5.13. The lowest BCUT2D eigenvalue weighted by Crippen LogP contribution is -1.80. The number of aryl methyl sites for hydroxylation is 1. The molecule has 0 saturated heterocycles. The summed E-state index contributed by atoms with van der Waals surface area (Å²) in [6, 6.07) is 9.28. The van der Waals surface area contributed by atoms with Crippen molar-refractivity contribution in [3.05, 3.63) is 40.4 Å². The summed E-state index contributed by atoms with van der Waals surface area (Å²) in [5.74, 6) is 0.612. The molecule has 0 aliphatic carbocycles. The van der Waals surface area contributed by atoms with E-state index >= 15 is 0 Å². The summed E-state index contributed by atoms with van der Waals surface area (Å²) in [4.78, 5) is 4.24. The van der Waals surface area contributed by atoms with Gasteiger partial charge >= 0.3 is 0 Å². The quantitative estimate of drug-likeness (QED) is 0.793. The molecule has 0 N–H and O–H groups in total. The Morgan fingerprint density at radius 2 is 2.00 bits per heavy atom. The predicted molar refractivity (Wildman–Crippen MR) is 59.1 cm³/mol. The molecule has 0 amide bonds. The van der Waals surface area contributed by atoms with Gasteiger partial charge in [0.05, 0.1) is 11.6 Å². The number of hydrogen-bond donors (Lipinski definition) is 0. The third kappa shape index (κ3) is 1.92. The van der Waals surface area contributed by atoms with Crippen molar-refractivity contribution in [2.24, 2.45) is 0 Å². The highest BCUT2D eigenvalue weighted by Gasteiger charge is 2.09. The third-order valence-corrected chi connectivity index (χ3v) is 2.52. The summed E-state index contributed by atoms with van der Waals surface area (Å²) in [6.45, 7) is 1.79. The Morgan fingerprint density at radius 1 is 1.33 bits per heavy atom. The van der Waals surface area contributed by atoms with E-state index in [-0.39, 0.29) is 0 Å². The van der Waals surface area contributed by atoms with Gasteiger partial charge in [0.25, 0.3) is 0 Å². The van der Waals surface area contributed by atoms with Crippen molar-refractivity contribution in [3.63, 3.8) is 0 Å². The van der Waals surface area contributed by atoms with Crippen molar-refractivity contribution in [1.29, 1.82) is 5.26 Å². The topological polar surface area (TPSA) is 49.8 Å². The van der Waals surface area contributed by atoms with Crippen LogP contribution in [-0.2, 0) is 0 Å². The van der Waals surface area contributed by atoms with Crippen LogP contribution in [0.2, 0.25) is 0 Å². The van der Waals surface area contributed by atoms with Crippen molar-refractivity contribution in [1.82, 2.24) is 4.98 Å². The smallest absolute Gasteiger partial charge is 0.197 e. The number of aromatic nitrogens is 1. The van der Waals surface area contributed by atoms with Gasteiger partial charge in [0.1, 0.15) is 5.69 Å². The Morgan fingerprint density at radius 3 is 2.47 bits per heavy atom. The minimum absolute atomic E-state index is 0.612. The van der Waals surface area contributed by atoms with E-state index in [1.165, 1.54) is 0 Å². The van der Waals surface area contributed by atoms with Crippen LogP contribution in [0.3, 0.4) is 0 Å². The second-order valence-corrected chi connectivity index (χ2v) is 3.76. The van der Waals surface area contributed by atoms with E-state index in [1.807, 2.05) is 12.1 Å². The lowest BCUT2D eigenvalue weighted by Gasteiger charge is -1.95. The van der Waals surface area contributed by atoms with Gasteiger partial charge in [0.2, 0.25) is 0 Å². The van der Waals surface area contributed by atoms with Crippen LogP contribution in [0.1, 0.15) is 11.5 Å². The summed E-state index contributed by atoms with van der Waals surface area (Å²) >= 11 is 3.30. The fraction of sp³-hybridized carbons (Fsp3) is 0.0909. The maximum atomic E-state index is 8.66. The zero-order valence-corrected chi connectivity index (χ0v) is 9.58. The van der Waals surface area contributed by atoms with Crippen LogP contribution >= 0.6 is 15.9 Å². The molecule has 0 fully saturated rings. The average molecular weight is 263 g/mol. The fourth-order valence-electron chi connectivity index (χ4n) is 1.28. The minimum atomic E-state index is 0.612. The van der Waals surface area contributed by atoms with Gasteiger partial charge in [-0.15, -0.1) is 0 Å². The Hall–Kier alpha value is -1.60. The zero-order valence-electron chi connectivity index (χ0n) is 7.99. The molecule has 74 valence electrons. The standard InChI is InChI=1S/C11H7BrN2O/c1-7-14-10(11(12)15-7)9-4-2-8(6-13)3-5-9/h2-5H,1H3. The SMILES string of the molecule is Cc1nc(-c2ccc(C#N)cc2)c(Br)o1. The van der Waals surface area contributed by atoms with Crippen molar-refractivity contribution in [2.45, 2.75) is 6.92 Å². The number of nitrogens with zero attached hydrogens (tertiary/aromatic N) is 2. The zero-order chi connectivity index (χ0) is 10.8. The number of nitriles is 1. The fourth-order valence-corrected chi connectivity index (χ4v) is 1.83. The molecule has 3 nitrogen and oxygen atoms in total. The molecule has 0 radical (unpaired) electrons. The molecule has 0 saturated carbocycles. The van der Waals surface area contributed by atoms with E-state index in [0.717, 1.165) is 11.3 Å². The summed E-state index contributed by atoms with van der Waals surface area (Å²) in [5.41, 5.74) is 2.32. The number of benzene rings is 1. The van der Waals surface area contributed by atoms with E-state index in [9.17, 15) is 0 Å². The number of hydrogen-bond acceptors (Lipinski definition) is 3. The molecule has 4 heteroatoms. The first-order valence-electron chi connectivity index (χ1n) is 4.34. The molecule has 0 spiro atoms. The molecule has 1 aromatic carbocycles. The normalized spacial score (nSPS) is 9.93. The van der Waals surface area contributed by atoms with Crippen molar-refractivity contribution >= 4 is 15.9 Å². The molecule has 0 aliphatic rings. The van der Waals surface area contributed by atoms with Gasteiger partial charge in [-0.3, -0.25) is 0 Å². The van der Waals surface area contributed by atoms with Crippen molar-refractivity contribution in [3.8, 4) is 17.3 Å². The lowest BCUT2D eigenvalue weighted by molar-refractivity contribution is 0.500. The van der Waals surface area contributed by atoms with Crippen molar-refractivity contribution in [2.75, 3.05) is 0 Å². The van der Waals surface area contributed by atoms with Crippen LogP contribution in [0.25, 0.3) is 11.3 Å². The van der Waals surface area contributed by atoms with Crippen molar-refractivity contribution < 1.29 is 4.42 Å². The molecule has 2 aromatic rings. The van der Waals surface area contributed by atoms with Gasteiger partial charge < -0.3 is 4.42 Å². The van der Waals surface area contributed by atoms with E-state index in [0.29, 0.717) is 16.1 Å². The van der Waals surface area contributed by atoms with E-state index in [2.05, 4.69) is 27.0 Å². The van der Waals surface area contributed by atoms with Gasteiger partial charge in [-0.2, -0.15) is 5.26 Å². The van der Waals surface area contributed by atoms with Gasteiger partial charge in [0.15, 0.2) is 10.6 Å². The Kier molecular flexibility index (Phi) is 2.57. The van der Waals surface area contributed by atoms with Crippen LogP contribution < -0.4 is 0 Å². The minimum Gasteiger partial charge on any atom is -0.434 e. The number of halogens is 1. The summed E-state index contributed by atoms with van der Waals surface area (Å²) in [6.07, 6.45) is 0. The molecular weight excluding hydrogens is 256 g/mol. The Labute approximate surface area is 95.5 Å². The highest BCUT2D eigenvalue weighted by Crippen LogP contribution is 2.28. The van der Waals surface area contributed by atoms with E-state index in [4.69, 9.17) is 9.68 Å². The third-order valence-electron chi connectivity index (χ3n) is 1.98. The Bertz CT molecular complexity index is 523. The maximum absolute atomic E-state index is 8.66. The molecule has 2 rings (SSSR count). The molecule has 1 heterocycles. The second-order valence-electron chi connectivity index (χ2n) is 3.04. The van der Waals surface area contributed by atoms with Gasteiger partial charge in [-0.1, -0.05) is 12.1 Å². The molecule has 0 unspecified atom stereocenters. The average Bonchev–Trinajstić information content (AvgIpc) is 2.58. The second kappa shape index (κ2) is 3.87. The van der Waals surface area contributed by atoms with Crippen LogP contribution in [0.15, 0.2) is 33.4 Å². The van der Waals surface area contributed by atoms with Gasteiger partial charge in [0, 0.05) is 12.5 Å². The first kappa shape index (κ1) is 9.94. The largest absolute Gasteiger partial charge is 0.434 e. The van der Waals surface area contributed by atoms with Crippen LogP contribution in [0.5, 0.6) is 0 Å².